The van der Waals surface area contributed by atoms with Gasteiger partial charge in [0.1, 0.15) is 12.4 Å². The number of anilines is 1. The molecule has 1 aliphatic heterocycles. The van der Waals surface area contributed by atoms with E-state index in [1.54, 1.807) is 12.1 Å². The first kappa shape index (κ1) is 29.3. The predicted molar refractivity (Wildman–Crippen MR) is 144 cm³/mol. The van der Waals surface area contributed by atoms with Gasteiger partial charge < -0.3 is 14.4 Å². The Morgan fingerprint density at radius 2 is 1.72 bits per heavy atom. The van der Waals surface area contributed by atoms with Crippen LogP contribution in [0.4, 0.5) is 20.2 Å². The molecule has 43 heavy (non-hydrogen) atoms. The van der Waals surface area contributed by atoms with E-state index in [1.807, 2.05) is 0 Å². The first-order valence-electron chi connectivity index (χ1n) is 12.9. The van der Waals surface area contributed by atoms with Gasteiger partial charge in [-0.3, -0.25) is 29.4 Å². The summed E-state index contributed by atoms with van der Waals surface area (Å²) in [5.74, 6) is -2.59. The standard InChI is InChI=1S/C28H23F2N5O8/c29-18-7-5-17(6-8-18)15-34(21-9-10-22(35(39)40)26-25(21)31-43-32-26)23(36)16-42-14-13-41-12-11-33-27(37)20-4-2-1-3-19(20)24(30)28(33)38/h1-10,24H,11-16H2. The van der Waals surface area contributed by atoms with Gasteiger partial charge in [-0.2, -0.15) is 0 Å². The first-order valence-corrected chi connectivity index (χ1v) is 12.9. The summed E-state index contributed by atoms with van der Waals surface area (Å²) in [7, 11) is 0. The molecule has 3 aromatic carbocycles. The number of alkyl halides is 1. The molecule has 0 radical (unpaired) electrons. The minimum atomic E-state index is -1.94. The third kappa shape index (κ3) is 6.22. The van der Waals surface area contributed by atoms with Crippen LogP contribution in [-0.2, 0) is 25.6 Å². The summed E-state index contributed by atoms with van der Waals surface area (Å²) in [6.45, 7) is -0.786. The highest BCUT2D eigenvalue weighted by atomic mass is 19.1. The van der Waals surface area contributed by atoms with Crippen molar-refractivity contribution >= 4 is 40.1 Å². The molecule has 5 rings (SSSR count). The van der Waals surface area contributed by atoms with Crippen LogP contribution < -0.4 is 4.90 Å². The molecule has 0 fully saturated rings. The van der Waals surface area contributed by atoms with E-state index in [4.69, 9.17) is 14.1 Å². The number of carbonyl (C=O) groups is 3. The van der Waals surface area contributed by atoms with Crippen LogP contribution in [0.1, 0.15) is 27.7 Å². The van der Waals surface area contributed by atoms with E-state index in [-0.39, 0.29) is 66.4 Å². The van der Waals surface area contributed by atoms with Crippen LogP contribution in [0.5, 0.6) is 0 Å². The number of fused-ring (bicyclic) bond motifs is 2. The third-order valence-electron chi connectivity index (χ3n) is 6.66. The van der Waals surface area contributed by atoms with Gasteiger partial charge in [0.2, 0.25) is 11.7 Å². The average molecular weight is 596 g/mol. The highest BCUT2D eigenvalue weighted by Gasteiger charge is 2.38. The Hall–Kier alpha value is -5.15. The topological polar surface area (TPSA) is 158 Å². The Labute approximate surface area is 241 Å². The molecular weight excluding hydrogens is 572 g/mol. The van der Waals surface area contributed by atoms with Gasteiger partial charge in [-0.15, -0.1) is 0 Å². The lowest BCUT2D eigenvalue weighted by Crippen LogP contribution is -2.45. The van der Waals surface area contributed by atoms with E-state index in [1.165, 1.54) is 53.4 Å². The Morgan fingerprint density at radius 3 is 2.49 bits per heavy atom. The summed E-state index contributed by atoms with van der Waals surface area (Å²) in [5.41, 5.74) is 0.348. The quantitative estimate of drug-likeness (QED) is 0.103. The number of halogens is 2. The lowest BCUT2D eigenvalue weighted by atomic mass is 9.97. The second-order valence-corrected chi connectivity index (χ2v) is 9.34. The highest BCUT2D eigenvalue weighted by molar-refractivity contribution is 6.11. The van der Waals surface area contributed by atoms with Crippen molar-refractivity contribution in [1.82, 2.24) is 15.2 Å². The fraction of sp³-hybridized carbons (Fsp3) is 0.250. The van der Waals surface area contributed by atoms with E-state index in [2.05, 4.69) is 10.3 Å². The van der Waals surface area contributed by atoms with Crippen LogP contribution >= 0.6 is 0 Å². The van der Waals surface area contributed by atoms with Crippen LogP contribution in [0, 0.1) is 15.9 Å². The maximum atomic E-state index is 14.5. The fourth-order valence-corrected chi connectivity index (χ4v) is 4.54. The summed E-state index contributed by atoms with van der Waals surface area (Å²) >= 11 is 0. The number of hydrogen-bond acceptors (Lipinski definition) is 10. The highest BCUT2D eigenvalue weighted by Crippen LogP contribution is 2.32. The second-order valence-electron chi connectivity index (χ2n) is 9.34. The molecule has 0 N–H and O–H groups in total. The summed E-state index contributed by atoms with van der Waals surface area (Å²) in [6.07, 6.45) is -1.94. The number of nitro groups is 1. The molecule has 3 amide bonds. The molecule has 0 aliphatic carbocycles. The summed E-state index contributed by atoms with van der Waals surface area (Å²) in [6, 6.07) is 13.9. The van der Waals surface area contributed by atoms with Crippen molar-refractivity contribution in [2.45, 2.75) is 12.7 Å². The Bertz CT molecular complexity index is 1680. The zero-order valence-electron chi connectivity index (χ0n) is 22.4. The Balaban J connectivity index is 1.17. The molecule has 13 nitrogen and oxygen atoms in total. The molecule has 0 saturated carbocycles. The van der Waals surface area contributed by atoms with Gasteiger partial charge in [0.05, 0.1) is 43.5 Å². The van der Waals surface area contributed by atoms with Gasteiger partial charge in [0, 0.05) is 17.2 Å². The van der Waals surface area contributed by atoms with Crippen molar-refractivity contribution in [2.75, 3.05) is 37.9 Å². The number of hydrogen-bond donors (Lipinski definition) is 0. The number of ether oxygens (including phenoxy) is 2. The van der Waals surface area contributed by atoms with Crippen molar-refractivity contribution in [1.29, 1.82) is 0 Å². The molecule has 2 heterocycles. The second kappa shape index (κ2) is 12.8. The smallest absolute Gasteiger partial charge is 0.300 e. The average Bonchev–Trinajstić information content (AvgIpc) is 3.50. The SMILES string of the molecule is O=C1c2ccccc2C(F)C(=O)N1CCOCCOCC(=O)N(Cc1ccc(F)cc1)c1ccc([N+](=O)[O-])c2nonc12. The zero-order valence-corrected chi connectivity index (χ0v) is 22.4. The van der Waals surface area contributed by atoms with Crippen LogP contribution in [0.2, 0.25) is 0 Å². The molecule has 1 aromatic heterocycles. The molecule has 4 aromatic rings. The van der Waals surface area contributed by atoms with Crippen molar-refractivity contribution in [3.63, 3.8) is 0 Å². The minimum Gasteiger partial charge on any atom is -0.377 e. The molecule has 15 heteroatoms. The van der Waals surface area contributed by atoms with E-state index in [0.717, 1.165) is 4.90 Å². The molecule has 1 aliphatic rings. The van der Waals surface area contributed by atoms with E-state index < -0.39 is 41.2 Å². The van der Waals surface area contributed by atoms with Gasteiger partial charge in [-0.25, -0.2) is 13.4 Å². The lowest BCUT2D eigenvalue weighted by molar-refractivity contribution is -0.383. The molecule has 0 spiro atoms. The number of carbonyl (C=O) groups excluding carboxylic acids is 3. The van der Waals surface area contributed by atoms with Gasteiger partial charge >= 0.3 is 5.69 Å². The maximum absolute atomic E-state index is 14.5. The molecule has 1 atom stereocenters. The normalized spacial score (nSPS) is 14.7. The third-order valence-corrected chi connectivity index (χ3v) is 6.66. The Kier molecular flexibility index (Phi) is 8.73. The van der Waals surface area contributed by atoms with Crippen molar-refractivity contribution < 1.29 is 42.2 Å². The number of amides is 3. The van der Waals surface area contributed by atoms with Crippen LogP contribution in [0.25, 0.3) is 11.0 Å². The number of non-ortho nitro benzene ring substituents is 1. The predicted octanol–water partition coefficient (Wildman–Crippen LogP) is 3.53. The van der Waals surface area contributed by atoms with E-state index in [9.17, 15) is 33.3 Å². The lowest BCUT2D eigenvalue weighted by Gasteiger charge is -2.28. The minimum absolute atomic E-state index is 0.00785. The molecule has 0 saturated heterocycles. The molecule has 222 valence electrons. The van der Waals surface area contributed by atoms with E-state index in [0.29, 0.717) is 5.56 Å². The first-order chi connectivity index (χ1) is 20.8. The maximum Gasteiger partial charge on any atom is 0.300 e. The monoisotopic (exact) mass is 595 g/mol. The van der Waals surface area contributed by atoms with Gasteiger partial charge in [0.25, 0.3) is 17.7 Å². The van der Waals surface area contributed by atoms with Gasteiger partial charge in [0.15, 0.2) is 5.52 Å². The van der Waals surface area contributed by atoms with Crippen molar-refractivity contribution in [3.8, 4) is 0 Å². The van der Waals surface area contributed by atoms with Crippen LogP contribution in [0.15, 0.2) is 65.3 Å². The Morgan fingerprint density at radius 1 is 1.00 bits per heavy atom. The van der Waals surface area contributed by atoms with Gasteiger partial charge in [-0.05, 0) is 40.1 Å². The molecule has 0 bridgehead atoms. The largest absolute Gasteiger partial charge is 0.377 e. The summed E-state index contributed by atoms with van der Waals surface area (Å²) in [5, 5.41) is 18.7. The number of imide groups is 1. The number of nitro benzene ring substituents is 1. The van der Waals surface area contributed by atoms with Crippen LogP contribution in [-0.4, -0.2) is 70.8 Å². The number of nitrogens with zero attached hydrogens (tertiary/aromatic N) is 5. The summed E-state index contributed by atoms with van der Waals surface area (Å²) < 4.78 is 43.5. The summed E-state index contributed by atoms with van der Waals surface area (Å²) in [4.78, 5) is 51.0. The zero-order chi connectivity index (χ0) is 30.5. The van der Waals surface area contributed by atoms with Gasteiger partial charge in [-0.1, -0.05) is 30.3 Å². The van der Waals surface area contributed by atoms with Crippen molar-refractivity contribution in [3.05, 3.63) is 93.3 Å². The van der Waals surface area contributed by atoms with E-state index >= 15 is 0 Å². The number of aromatic nitrogens is 2. The molecule has 1 unspecified atom stereocenters. The van der Waals surface area contributed by atoms with Crippen molar-refractivity contribution in [2.24, 2.45) is 0 Å². The molecular formula is C28H23F2N5O8. The fourth-order valence-electron chi connectivity index (χ4n) is 4.54. The number of benzene rings is 3. The number of rotatable bonds is 12. The van der Waals surface area contributed by atoms with Crippen LogP contribution in [0.3, 0.4) is 0 Å².